The molecule has 0 spiro atoms. The van der Waals surface area contributed by atoms with Crippen molar-refractivity contribution in [2.45, 2.75) is 6.42 Å². The molecule has 0 radical (unpaired) electrons. The van der Waals surface area contributed by atoms with Gasteiger partial charge in [0.15, 0.2) is 0 Å². The minimum atomic E-state index is -0.109. The summed E-state index contributed by atoms with van der Waals surface area (Å²) >= 11 is 11.9. The molecular weight excluding hydrogens is 323 g/mol. The highest BCUT2D eigenvalue weighted by Crippen LogP contribution is 2.25. The van der Waals surface area contributed by atoms with Crippen molar-refractivity contribution in [1.82, 2.24) is 0 Å². The number of para-hydroxylation sites is 2. The fraction of sp³-hybridized carbons (Fsp3) is 0.188. The van der Waals surface area contributed by atoms with E-state index in [0.29, 0.717) is 34.4 Å². The van der Waals surface area contributed by atoms with Crippen molar-refractivity contribution < 1.29 is 9.53 Å². The van der Waals surface area contributed by atoms with Gasteiger partial charge in [-0.15, -0.1) is 0 Å². The molecule has 0 aliphatic rings. The summed E-state index contributed by atoms with van der Waals surface area (Å²) in [4.78, 5) is 11.9. The zero-order chi connectivity index (χ0) is 15.9. The van der Waals surface area contributed by atoms with E-state index in [1.807, 2.05) is 12.1 Å². The molecule has 0 fully saturated rings. The maximum atomic E-state index is 11.9. The van der Waals surface area contributed by atoms with Gasteiger partial charge in [-0.05, 0) is 30.3 Å². The van der Waals surface area contributed by atoms with Crippen LogP contribution in [0.5, 0.6) is 5.75 Å². The number of nitrogens with one attached hydrogen (secondary N) is 2. The number of amides is 1. The predicted octanol–water partition coefficient (Wildman–Crippen LogP) is 4.44. The van der Waals surface area contributed by atoms with Gasteiger partial charge < -0.3 is 15.4 Å². The summed E-state index contributed by atoms with van der Waals surface area (Å²) in [6.07, 6.45) is 0.303. The van der Waals surface area contributed by atoms with Crippen LogP contribution in [0.15, 0.2) is 42.5 Å². The van der Waals surface area contributed by atoms with E-state index < -0.39 is 0 Å². The molecule has 6 heteroatoms. The van der Waals surface area contributed by atoms with Crippen LogP contribution in [0.1, 0.15) is 6.42 Å². The zero-order valence-electron chi connectivity index (χ0n) is 12.0. The minimum absolute atomic E-state index is 0.109. The first-order valence-electron chi connectivity index (χ1n) is 6.72. The van der Waals surface area contributed by atoms with Crippen molar-refractivity contribution in [1.29, 1.82) is 0 Å². The van der Waals surface area contributed by atoms with E-state index in [9.17, 15) is 4.79 Å². The maximum Gasteiger partial charge on any atom is 0.226 e. The third kappa shape index (κ3) is 4.55. The molecule has 22 heavy (non-hydrogen) atoms. The highest BCUT2D eigenvalue weighted by Gasteiger charge is 2.07. The van der Waals surface area contributed by atoms with Gasteiger partial charge in [-0.1, -0.05) is 35.3 Å². The van der Waals surface area contributed by atoms with Crippen LogP contribution in [0.2, 0.25) is 10.0 Å². The molecule has 2 aromatic carbocycles. The Bertz CT molecular complexity index is 662. The van der Waals surface area contributed by atoms with Crippen molar-refractivity contribution in [3.63, 3.8) is 0 Å². The molecule has 0 heterocycles. The molecule has 4 nitrogen and oxygen atoms in total. The lowest BCUT2D eigenvalue weighted by Gasteiger charge is -2.11. The molecule has 0 atom stereocenters. The molecule has 2 aromatic rings. The fourth-order valence-corrected chi connectivity index (χ4v) is 2.38. The van der Waals surface area contributed by atoms with Crippen molar-refractivity contribution in [3.05, 3.63) is 52.5 Å². The Kier molecular flexibility index (Phi) is 5.92. The summed E-state index contributed by atoms with van der Waals surface area (Å²) in [5.41, 5.74) is 1.40. The summed E-state index contributed by atoms with van der Waals surface area (Å²) in [5.74, 6) is 0.520. The fourth-order valence-electron chi connectivity index (χ4n) is 1.90. The molecule has 2 rings (SSSR count). The number of hydrogen-bond acceptors (Lipinski definition) is 3. The van der Waals surface area contributed by atoms with Crippen LogP contribution in [-0.4, -0.2) is 19.6 Å². The number of halogens is 2. The number of carbonyl (C=O) groups excluding carboxylic acids is 1. The van der Waals surface area contributed by atoms with E-state index in [1.54, 1.807) is 37.4 Å². The maximum absolute atomic E-state index is 11.9. The van der Waals surface area contributed by atoms with E-state index in [-0.39, 0.29) is 5.91 Å². The van der Waals surface area contributed by atoms with Gasteiger partial charge >= 0.3 is 0 Å². The Labute approximate surface area is 139 Å². The SMILES string of the molecule is COc1ccccc1NC(=O)CCNc1ccc(Cl)cc1Cl. The van der Waals surface area contributed by atoms with Gasteiger partial charge in [0.25, 0.3) is 0 Å². The molecule has 0 bridgehead atoms. The monoisotopic (exact) mass is 338 g/mol. The highest BCUT2D eigenvalue weighted by molar-refractivity contribution is 6.36. The average molecular weight is 339 g/mol. The molecule has 1 amide bonds. The summed E-state index contributed by atoms with van der Waals surface area (Å²) in [6.45, 7) is 0.461. The second kappa shape index (κ2) is 7.92. The van der Waals surface area contributed by atoms with Gasteiger partial charge in [0, 0.05) is 18.0 Å². The van der Waals surface area contributed by atoms with Crippen LogP contribution in [0.4, 0.5) is 11.4 Å². The van der Waals surface area contributed by atoms with Gasteiger partial charge in [-0.25, -0.2) is 0 Å². The third-order valence-electron chi connectivity index (χ3n) is 2.98. The largest absolute Gasteiger partial charge is 0.495 e. The molecule has 0 saturated carbocycles. The Hall–Kier alpha value is -1.91. The second-order valence-corrected chi connectivity index (χ2v) is 5.39. The van der Waals surface area contributed by atoms with Crippen LogP contribution in [0.25, 0.3) is 0 Å². The molecule has 0 unspecified atom stereocenters. The van der Waals surface area contributed by atoms with Crippen LogP contribution >= 0.6 is 23.2 Å². The zero-order valence-corrected chi connectivity index (χ0v) is 13.5. The van der Waals surface area contributed by atoms with Gasteiger partial charge in [0.2, 0.25) is 5.91 Å². The van der Waals surface area contributed by atoms with E-state index >= 15 is 0 Å². The Morgan fingerprint density at radius 2 is 1.91 bits per heavy atom. The number of rotatable bonds is 6. The van der Waals surface area contributed by atoms with Crippen molar-refractivity contribution in [3.8, 4) is 5.75 Å². The van der Waals surface area contributed by atoms with Gasteiger partial charge in [0.1, 0.15) is 5.75 Å². The van der Waals surface area contributed by atoms with E-state index in [2.05, 4.69) is 10.6 Å². The summed E-state index contributed by atoms with van der Waals surface area (Å²) in [7, 11) is 1.56. The number of carbonyl (C=O) groups is 1. The van der Waals surface area contributed by atoms with Crippen LogP contribution in [-0.2, 0) is 4.79 Å². The molecule has 0 aromatic heterocycles. The highest BCUT2D eigenvalue weighted by atomic mass is 35.5. The van der Waals surface area contributed by atoms with Crippen molar-refractivity contribution in [2.75, 3.05) is 24.3 Å². The molecule has 0 aliphatic carbocycles. The average Bonchev–Trinajstić information content (AvgIpc) is 2.50. The molecule has 116 valence electrons. The molecule has 0 saturated heterocycles. The Morgan fingerprint density at radius 1 is 1.14 bits per heavy atom. The van der Waals surface area contributed by atoms with E-state index in [1.165, 1.54) is 0 Å². The second-order valence-electron chi connectivity index (χ2n) is 4.55. The smallest absolute Gasteiger partial charge is 0.226 e. The van der Waals surface area contributed by atoms with Crippen molar-refractivity contribution >= 4 is 40.5 Å². The topological polar surface area (TPSA) is 50.4 Å². The minimum Gasteiger partial charge on any atom is -0.495 e. The number of anilines is 2. The third-order valence-corrected chi connectivity index (χ3v) is 3.53. The quantitative estimate of drug-likeness (QED) is 0.818. The lowest BCUT2D eigenvalue weighted by Crippen LogP contribution is -2.16. The summed E-state index contributed by atoms with van der Waals surface area (Å²) in [6, 6.07) is 12.4. The summed E-state index contributed by atoms with van der Waals surface area (Å²) in [5, 5.41) is 7.02. The predicted molar refractivity (Wildman–Crippen MR) is 91.2 cm³/mol. The Morgan fingerprint density at radius 3 is 2.64 bits per heavy atom. The van der Waals surface area contributed by atoms with Gasteiger partial charge in [0.05, 0.1) is 23.5 Å². The van der Waals surface area contributed by atoms with E-state index in [4.69, 9.17) is 27.9 Å². The standard InChI is InChI=1S/C16H16Cl2N2O2/c1-22-15-5-3-2-4-14(15)20-16(21)8-9-19-13-7-6-11(17)10-12(13)18/h2-7,10,19H,8-9H2,1H3,(H,20,21). The van der Waals surface area contributed by atoms with Gasteiger partial charge in [-0.2, -0.15) is 0 Å². The normalized spacial score (nSPS) is 10.1. The van der Waals surface area contributed by atoms with Crippen LogP contribution < -0.4 is 15.4 Å². The summed E-state index contributed by atoms with van der Waals surface area (Å²) < 4.78 is 5.19. The van der Waals surface area contributed by atoms with Gasteiger partial charge in [-0.3, -0.25) is 4.79 Å². The lowest BCUT2D eigenvalue weighted by molar-refractivity contribution is -0.115. The first-order chi connectivity index (χ1) is 10.6. The first-order valence-corrected chi connectivity index (χ1v) is 7.47. The first kappa shape index (κ1) is 16.5. The molecule has 2 N–H and O–H groups in total. The molecule has 0 aliphatic heterocycles. The number of ether oxygens (including phenoxy) is 1. The number of methoxy groups -OCH3 is 1. The lowest BCUT2D eigenvalue weighted by atomic mass is 10.2. The van der Waals surface area contributed by atoms with Crippen LogP contribution in [0, 0.1) is 0 Å². The number of benzene rings is 2. The Balaban J connectivity index is 1.85. The van der Waals surface area contributed by atoms with Crippen LogP contribution in [0.3, 0.4) is 0 Å². The number of hydrogen-bond donors (Lipinski definition) is 2. The molecular formula is C16H16Cl2N2O2. The van der Waals surface area contributed by atoms with Crippen molar-refractivity contribution in [2.24, 2.45) is 0 Å². The van der Waals surface area contributed by atoms with E-state index in [0.717, 1.165) is 5.69 Å².